The van der Waals surface area contributed by atoms with Crippen LogP contribution in [0.15, 0.2) is 25.3 Å². The van der Waals surface area contributed by atoms with Crippen LogP contribution in [-0.4, -0.2) is 89.0 Å². The maximum Gasteiger partial charge on any atom is 0.268 e. The van der Waals surface area contributed by atoms with Gasteiger partial charge in [0.15, 0.2) is 47.7 Å². The van der Waals surface area contributed by atoms with Crippen LogP contribution in [-0.2, 0) is 36.7 Å². The summed E-state index contributed by atoms with van der Waals surface area (Å²) in [6, 6.07) is 0. The van der Waals surface area contributed by atoms with E-state index in [1.54, 1.807) is 0 Å². The summed E-state index contributed by atoms with van der Waals surface area (Å²) in [5, 5.41) is 0. The molecule has 7 heterocycles. The maximum atomic E-state index is 15.7. The third kappa shape index (κ3) is 5.02. The highest BCUT2D eigenvalue weighted by Crippen LogP contribution is 2.51. The fourth-order valence-electron chi connectivity index (χ4n) is 5.13. The molecule has 4 bridgehead atoms. The molecule has 236 valence electrons. The van der Waals surface area contributed by atoms with Crippen molar-refractivity contribution < 1.29 is 55.3 Å². The molecule has 0 aliphatic carbocycles. The summed E-state index contributed by atoms with van der Waals surface area (Å²) in [6.45, 7) is -2.05. The number of nitrogens with two attached hydrogens (primary N) is 2. The number of imidazole rings is 2. The molecule has 3 saturated heterocycles. The number of nitrogens with zero attached hydrogens (tertiary/aromatic N) is 8. The Balaban J connectivity index is 1.22. The van der Waals surface area contributed by atoms with Crippen molar-refractivity contribution in [3.63, 3.8) is 0 Å². The first-order chi connectivity index (χ1) is 20.9. The molecule has 4 aromatic rings. The Kier molecular flexibility index (Phi) is 7.12. The van der Waals surface area contributed by atoms with E-state index in [1.807, 2.05) is 0 Å². The van der Waals surface area contributed by atoms with E-state index < -0.39 is 78.1 Å². The second-order valence-corrected chi connectivity index (χ2v) is 12.5. The third-order valence-electron chi connectivity index (χ3n) is 7.15. The normalized spacial score (nSPS) is 38.3. The van der Waals surface area contributed by atoms with E-state index in [0.29, 0.717) is 0 Å². The second-order valence-electron chi connectivity index (χ2n) is 9.81. The van der Waals surface area contributed by atoms with Gasteiger partial charge in [0, 0.05) is 0 Å². The van der Waals surface area contributed by atoms with Crippen molar-refractivity contribution in [1.82, 2.24) is 39.0 Å². The Morgan fingerprint density at radius 3 is 1.55 bits per heavy atom. The van der Waals surface area contributed by atoms with E-state index >= 15 is 8.78 Å². The monoisotopic (exact) mass is 660 g/mol. The average molecular weight is 660 g/mol. The van der Waals surface area contributed by atoms with Gasteiger partial charge in [0.1, 0.15) is 48.1 Å². The van der Waals surface area contributed by atoms with Crippen molar-refractivity contribution in [2.24, 2.45) is 0 Å². The first kappa shape index (κ1) is 29.4. The molecule has 20 nitrogen and oxygen atoms in total. The van der Waals surface area contributed by atoms with Gasteiger partial charge in [-0.05, 0) is 0 Å². The van der Waals surface area contributed by atoms with Gasteiger partial charge in [0.25, 0.3) is 15.6 Å². The molecule has 44 heavy (non-hydrogen) atoms. The predicted molar refractivity (Wildman–Crippen MR) is 134 cm³/mol. The van der Waals surface area contributed by atoms with Crippen molar-refractivity contribution in [2.45, 2.75) is 49.2 Å². The number of phosphoric acid groups is 2. The highest BCUT2D eigenvalue weighted by atomic mass is 31.2. The molecule has 3 fully saturated rings. The summed E-state index contributed by atoms with van der Waals surface area (Å²) in [6.07, 6.45) is -10.8. The lowest BCUT2D eigenvalue weighted by atomic mass is 10.1. The predicted octanol–water partition coefficient (Wildman–Crippen LogP) is -0.944. The van der Waals surface area contributed by atoms with Crippen LogP contribution in [0.3, 0.4) is 0 Å². The zero-order valence-electron chi connectivity index (χ0n) is 21.8. The highest BCUT2D eigenvalue weighted by Gasteiger charge is 2.53. The van der Waals surface area contributed by atoms with Crippen molar-refractivity contribution in [1.29, 1.82) is 0 Å². The zero-order chi connectivity index (χ0) is 31.0. The molecule has 0 aromatic carbocycles. The summed E-state index contributed by atoms with van der Waals surface area (Å²) >= 11 is 0. The van der Waals surface area contributed by atoms with E-state index in [-0.39, 0.29) is 34.0 Å². The Labute approximate surface area is 243 Å². The van der Waals surface area contributed by atoms with Crippen molar-refractivity contribution in [2.75, 3.05) is 24.7 Å². The van der Waals surface area contributed by atoms with E-state index in [1.165, 1.54) is 0 Å². The quantitative estimate of drug-likeness (QED) is 0.245. The molecule has 0 spiro atoms. The van der Waals surface area contributed by atoms with Crippen LogP contribution in [0.2, 0.25) is 0 Å². The Morgan fingerprint density at radius 1 is 0.727 bits per heavy atom. The summed E-state index contributed by atoms with van der Waals surface area (Å²) in [5.41, 5.74) is 11.8. The SMILES string of the molecule is Nc1ncnc2c1ncn2[C@@H]1O[C@@H]2COP(=O)([O-])O[C@@H]3[C@H](F)[C@@H](COP(=O)([O-])O[C@@H]1[C@@H]2F)O[C@H]3n1cnc2c(N)ncnc21. The van der Waals surface area contributed by atoms with Gasteiger partial charge in [0.2, 0.25) is 0 Å². The van der Waals surface area contributed by atoms with Gasteiger partial charge in [0.05, 0.1) is 25.9 Å². The smallest absolute Gasteiger partial charge is 0.268 e. The maximum absolute atomic E-state index is 15.7. The van der Waals surface area contributed by atoms with Crippen LogP contribution in [0.25, 0.3) is 22.3 Å². The topological polar surface area (TPSA) is 275 Å². The summed E-state index contributed by atoms with van der Waals surface area (Å²) in [5.74, 6) is -0.0643. The average Bonchev–Trinajstić information content (AvgIpc) is 3.73. The van der Waals surface area contributed by atoms with Crippen LogP contribution in [0.5, 0.6) is 0 Å². The number of anilines is 2. The second kappa shape index (κ2) is 10.7. The molecule has 3 aliphatic rings. The largest absolute Gasteiger partial charge is 0.756 e. The summed E-state index contributed by atoms with van der Waals surface area (Å²) < 4.78 is 90.6. The van der Waals surface area contributed by atoms with Crippen LogP contribution in [0.1, 0.15) is 12.5 Å². The van der Waals surface area contributed by atoms with Crippen LogP contribution < -0.4 is 21.3 Å². The molecule has 7 rings (SSSR count). The van der Waals surface area contributed by atoms with Gasteiger partial charge in [-0.15, -0.1) is 0 Å². The zero-order valence-corrected chi connectivity index (χ0v) is 23.6. The van der Waals surface area contributed by atoms with Crippen molar-refractivity contribution >= 4 is 49.6 Å². The molecule has 4 N–H and O–H groups in total. The van der Waals surface area contributed by atoms with E-state index in [4.69, 9.17) is 39.0 Å². The molecule has 24 heteroatoms. The van der Waals surface area contributed by atoms with Crippen molar-refractivity contribution in [3.05, 3.63) is 25.3 Å². The van der Waals surface area contributed by atoms with Crippen LogP contribution in [0.4, 0.5) is 20.4 Å². The minimum absolute atomic E-state index is 0.0262. The number of ether oxygens (including phenoxy) is 2. The summed E-state index contributed by atoms with van der Waals surface area (Å²) in [4.78, 5) is 49.6. The fourth-order valence-corrected chi connectivity index (χ4v) is 6.95. The van der Waals surface area contributed by atoms with Gasteiger partial charge in [-0.2, -0.15) is 0 Å². The lowest BCUT2D eigenvalue weighted by Gasteiger charge is -2.31. The molecule has 3 aliphatic heterocycles. The van der Waals surface area contributed by atoms with Gasteiger partial charge in [-0.25, -0.2) is 38.7 Å². The number of alkyl halides is 2. The van der Waals surface area contributed by atoms with E-state index in [0.717, 1.165) is 34.4 Å². The van der Waals surface area contributed by atoms with Crippen LogP contribution >= 0.6 is 15.6 Å². The van der Waals surface area contributed by atoms with Crippen LogP contribution in [0, 0.1) is 0 Å². The molecule has 10 atom stereocenters. The minimum Gasteiger partial charge on any atom is -0.756 e. The van der Waals surface area contributed by atoms with Gasteiger partial charge in [-0.3, -0.25) is 18.3 Å². The highest BCUT2D eigenvalue weighted by molar-refractivity contribution is 7.46. The molecular weight excluding hydrogens is 640 g/mol. The Morgan fingerprint density at radius 2 is 1.14 bits per heavy atom. The molecule has 4 aromatic heterocycles. The Hall–Kier alpha value is -3.30. The third-order valence-corrected chi connectivity index (χ3v) is 9.08. The van der Waals surface area contributed by atoms with E-state index in [9.17, 15) is 18.9 Å². The fraction of sp³-hybridized carbons (Fsp3) is 0.500. The molecule has 2 unspecified atom stereocenters. The number of hydrogen-bond donors (Lipinski definition) is 2. The molecular formula is C20H20F2N10O10P2-2. The first-order valence-corrected chi connectivity index (χ1v) is 15.6. The van der Waals surface area contributed by atoms with E-state index in [2.05, 4.69) is 29.9 Å². The number of halogens is 2. The van der Waals surface area contributed by atoms with Gasteiger partial charge >= 0.3 is 0 Å². The number of fused-ring (bicyclic) bond motifs is 6. The molecule has 0 saturated carbocycles. The number of phosphoric ester groups is 2. The lowest BCUT2D eigenvalue weighted by molar-refractivity contribution is -0.237. The van der Waals surface area contributed by atoms with Gasteiger partial charge in [-0.1, -0.05) is 0 Å². The summed E-state index contributed by atoms with van der Waals surface area (Å²) in [7, 11) is -10.9. The van der Waals surface area contributed by atoms with Gasteiger partial charge < -0.3 is 48.8 Å². The molecule has 0 radical (unpaired) electrons. The standard InChI is InChI=1S/C20H22F2N10O10P2/c21-9-7-1-37-43(33,34)41-14-10(22)8(40-20(14)32-6-30-12-16(24)26-4-28-18(12)32)2-38-44(35,36)42-13(9)19(39-7)31-5-29-11-15(23)25-3-27-17(11)31/h3-10,13-14,19-20H,1-2H2,(H,33,34)(H,35,36)(H2,23,25,27)(H2,24,26,28)/p-2/t7-,8-,9-,10-,13-,14-,19-,20-/m1/s1. The van der Waals surface area contributed by atoms with Crippen molar-refractivity contribution in [3.8, 4) is 0 Å². The number of aromatic nitrogens is 8. The lowest BCUT2D eigenvalue weighted by Crippen LogP contribution is -2.36. The number of hydrogen-bond acceptors (Lipinski definition) is 18. The minimum atomic E-state index is -5.43. The first-order valence-electron chi connectivity index (χ1n) is 12.7. The Bertz CT molecular complexity index is 1700. The molecule has 0 amide bonds. The number of rotatable bonds is 2. The number of nitrogen functional groups attached to an aromatic ring is 2.